The van der Waals surface area contributed by atoms with Gasteiger partial charge in [0.05, 0.1) is 19.2 Å². The van der Waals surface area contributed by atoms with E-state index < -0.39 is 0 Å². The van der Waals surface area contributed by atoms with Gasteiger partial charge in [-0.1, -0.05) is 13.0 Å². The molecule has 0 radical (unpaired) electrons. The second-order valence-electron chi connectivity index (χ2n) is 3.79. The zero-order valence-electron chi connectivity index (χ0n) is 10.4. The van der Waals surface area contributed by atoms with Crippen molar-refractivity contribution in [3.05, 3.63) is 28.8 Å². The molecule has 88 valence electrons. The molecular weight excluding hydrogens is 202 g/mol. The normalized spacial score (nSPS) is 10.2. The Bertz CT molecular complexity index is 386. The number of carbonyl (C=O) groups is 1. The lowest BCUT2D eigenvalue weighted by Gasteiger charge is -2.12. The number of hydrogen-bond acceptors (Lipinski definition) is 3. The van der Waals surface area contributed by atoms with E-state index in [2.05, 4.69) is 5.32 Å². The summed E-state index contributed by atoms with van der Waals surface area (Å²) in [6.45, 7) is 7.10. The van der Waals surface area contributed by atoms with Crippen molar-refractivity contribution in [3.63, 3.8) is 0 Å². The van der Waals surface area contributed by atoms with E-state index in [0.717, 1.165) is 17.7 Å². The summed E-state index contributed by atoms with van der Waals surface area (Å²) < 4.78 is 5.31. The molecule has 0 saturated carbocycles. The standard InChI is InChI=1S/C13H19NO2/c1-5-14-8-12(15)11-7-6-9(2)10(3)13(11)16-4/h6-7,14H,5,8H2,1-4H3. The lowest BCUT2D eigenvalue weighted by atomic mass is 10.0. The van der Waals surface area contributed by atoms with Crippen molar-refractivity contribution < 1.29 is 9.53 Å². The SMILES string of the molecule is CCNCC(=O)c1ccc(C)c(C)c1OC. The summed E-state index contributed by atoms with van der Waals surface area (Å²) in [6.07, 6.45) is 0. The van der Waals surface area contributed by atoms with Gasteiger partial charge in [0.2, 0.25) is 0 Å². The van der Waals surface area contributed by atoms with Crippen LogP contribution in [0.5, 0.6) is 5.75 Å². The summed E-state index contributed by atoms with van der Waals surface area (Å²) in [5, 5.41) is 3.03. The molecular formula is C13H19NO2. The van der Waals surface area contributed by atoms with Crippen molar-refractivity contribution in [1.29, 1.82) is 0 Å². The number of rotatable bonds is 5. The van der Waals surface area contributed by atoms with Gasteiger partial charge in [0.15, 0.2) is 5.78 Å². The molecule has 1 N–H and O–H groups in total. The molecule has 0 aliphatic heterocycles. The minimum Gasteiger partial charge on any atom is -0.496 e. The Morgan fingerprint density at radius 3 is 2.62 bits per heavy atom. The Morgan fingerprint density at radius 2 is 2.06 bits per heavy atom. The highest BCUT2D eigenvalue weighted by Gasteiger charge is 2.14. The number of hydrogen-bond donors (Lipinski definition) is 1. The van der Waals surface area contributed by atoms with Gasteiger partial charge < -0.3 is 10.1 Å². The number of benzene rings is 1. The van der Waals surface area contributed by atoms with Gasteiger partial charge in [0.1, 0.15) is 5.75 Å². The number of Topliss-reactive ketones (excluding diaryl/α,β-unsaturated/α-hetero) is 1. The molecule has 0 saturated heterocycles. The minimum absolute atomic E-state index is 0.0711. The molecule has 1 aromatic rings. The van der Waals surface area contributed by atoms with Crippen LogP contribution in [0, 0.1) is 13.8 Å². The summed E-state index contributed by atoms with van der Waals surface area (Å²) >= 11 is 0. The zero-order chi connectivity index (χ0) is 12.1. The van der Waals surface area contributed by atoms with Gasteiger partial charge in [0.25, 0.3) is 0 Å². The average Bonchev–Trinajstić information content (AvgIpc) is 2.29. The molecule has 3 nitrogen and oxygen atoms in total. The van der Waals surface area contributed by atoms with Crippen molar-refractivity contribution in [2.75, 3.05) is 20.2 Å². The van der Waals surface area contributed by atoms with E-state index in [1.54, 1.807) is 7.11 Å². The van der Waals surface area contributed by atoms with E-state index in [0.29, 0.717) is 17.9 Å². The monoisotopic (exact) mass is 221 g/mol. The molecule has 16 heavy (non-hydrogen) atoms. The van der Waals surface area contributed by atoms with Crippen LogP contribution in [0.3, 0.4) is 0 Å². The number of ketones is 1. The second kappa shape index (κ2) is 5.66. The average molecular weight is 221 g/mol. The lowest BCUT2D eigenvalue weighted by Crippen LogP contribution is -2.23. The number of likely N-dealkylation sites (N-methyl/N-ethyl adjacent to an activating group) is 1. The fourth-order valence-electron chi connectivity index (χ4n) is 1.61. The third-order valence-electron chi connectivity index (χ3n) is 2.72. The van der Waals surface area contributed by atoms with E-state index in [1.165, 1.54) is 0 Å². The molecule has 3 heteroatoms. The Kier molecular flexibility index (Phi) is 4.50. The first-order valence-electron chi connectivity index (χ1n) is 5.49. The number of ether oxygens (including phenoxy) is 1. The van der Waals surface area contributed by atoms with E-state index in [9.17, 15) is 4.79 Å². The maximum atomic E-state index is 11.9. The Balaban J connectivity index is 3.04. The quantitative estimate of drug-likeness (QED) is 0.774. The highest BCUT2D eigenvalue weighted by Crippen LogP contribution is 2.26. The maximum absolute atomic E-state index is 11.9. The molecule has 1 rings (SSSR count). The molecule has 0 aromatic heterocycles. The van der Waals surface area contributed by atoms with Gasteiger partial charge in [-0.2, -0.15) is 0 Å². The number of methoxy groups -OCH3 is 1. The Morgan fingerprint density at radius 1 is 1.38 bits per heavy atom. The van der Waals surface area contributed by atoms with Gasteiger partial charge in [-0.05, 0) is 37.6 Å². The molecule has 0 fully saturated rings. The van der Waals surface area contributed by atoms with Crippen molar-refractivity contribution in [2.45, 2.75) is 20.8 Å². The zero-order valence-corrected chi connectivity index (χ0v) is 10.4. The van der Waals surface area contributed by atoms with Gasteiger partial charge in [-0.25, -0.2) is 0 Å². The van der Waals surface area contributed by atoms with Crippen molar-refractivity contribution in [2.24, 2.45) is 0 Å². The predicted octanol–water partition coefficient (Wildman–Crippen LogP) is 2.10. The number of carbonyl (C=O) groups excluding carboxylic acids is 1. The van der Waals surface area contributed by atoms with Crippen molar-refractivity contribution in [3.8, 4) is 5.75 Å². The van der Waals surface area contributed by atoms with Crippen LogP contribution < -0.4 is 10.1 Å². The van der Waals surface area contributed by atoms with Gasteiger partial charge in [-0.15, -0.1) is 0 Å². The van der Waals surface area contributed by atoms with Crippen molar-refractivity contribution in [1.82, 2.24) is 5.32 Å². The van der Waals surface area contributed by atoms with E-state index in [1.807, 2.05) is 32.9 Å². The van der Waals surface area contributed by atoms with Crippen LogP contribution >= 0.6 is 0 Å². The van der Waals surface area contributed by atoms with Gasteiger partial charge in [-0.3, -0.25) is 4.79 Å². The maximum Gasteiger partial charge on any atom is 0.180 e. The number of aryl methyl sites for hydroxylation is 1. The van der Waals surface area contributed by atoms with Gasteiger partial charge >= 0.3 is 0 Å². The highest BCUT2D eigenvalue weighted by molar-refractivity contribution is 6.00. The molecule has 0 bridgehead atoms. The first-order chi connectivity index (χ1) is 7.61. The molecule has 0 spiro atoms. The van der Waals surface area contributed by atoms with Gasteiger partial charge in [0, 0.05) is 0 Å². The summed E-state index contributed by atoms with van der Waals surface area (Å²) in [6, 6.07) is 3.79. The van der Waals surface area contributed by atoms with E-state index in [4.69, 9.17) is 4.74 Å². The highest BCUT2D eigenvalue weighted by atomic mass is 16.5. The first-order valence-corrected chi connectivity index (χ1v) is 5.49. The summed E-state index contributed by atoms with van der Waals surface area (Å²) in [5.41, 5.74) is 2.83. The molecule has 0 aliphatic carbocycles. The molecule has 0 amide bonds. The van der Waals surface area contributed by atoms with Crippen LogP contribution in [0.1, 0.15) is 28.4 Å². The lowest BCUT2D eigenvalue weighted by molar-refractivity contribution is 0.0988. The summed E-state index contributed by atoms with van der Waals surface area (Å²) in [4.78, 5) is 11.9. The van der Waals surface area contributed by atoms with E-state index in [-0.39, 0.29) is 5.78 Å². The van der Waals surface area contributed by atoms with Crippen LogP contribution in [-0.2, 0) is 0 Å². The minimum atomic E-state index is 0.0711. The van der Waals surface area contributed by atoms with Crippen LogP contribution in [0.2, 0.25) is 0 Å². The van der Waals surface area contributed by atoms with Crippen molar-refractivity contribution >= 4 is 5.78 Å². The second-order valence-corrected chi connectivity index (χ2v) is 3.79. The fraction of sp³-hybridized carbons (Fsp3) is 0.462. The topological polar surface area (TPSA) is 38.3 Å². The largest absolute Gasteiger partial charge is 0.496 e. The molecule has 0 unspecified atom stereocenters. The predicted molar refractivity (Wildman–Crippen MR) is 65.3 cm³/mol. The number of nitrogens with one attached hydrogen (secondary N) is 1. The fourth-order valence-corrected chi connectivity index (χ4v) is 1.61. The smallest absolute Gasteiger partial charge is 0.180 e. The van der Waals surface area contributed by atoms with E-state index >= 15 is 0 Å². The summed E-state index contributed by atoms with van der Waals surface area (Å²) in [7, 11) is 1.60. The third-order valence-corrected chi connectivity index (χ3v) is 2.72. The van der Waals surface area contributed by atoms with Crippen LogP contribution in [0.4, 0.5) is 0 Å². The Labute approximate surface area is 96.8 Å². The first kappa shape index (κ1) is 12.7. The van der Waals surface area contributed by atoms with Crippen LogP contribution in [0.25, 0.3) is 0 Å². The summed E-state index contributed by atoms with van der Waals surface area (Å²) in [5.74, 6) is 0.768. The van der Waals surface area contributed by atoms with Crippen LogP contribution in [-0.4, -0.2) is 26.0 Å². The molecule has 0 heterocycles. The molecule has 1 aromatic carbocycles. The Hall–Kier alpha value is -1.35. The molecule has 0 aliphatic rings. The molecule has 0 atom stereocenters. The third kappa shape index (κ3) is 2.61. The van der Waals surface area contributed by atoms with Crippen LogP contribution in [0.15, 0.2) is 12.1 Å².